The van der Waals surface area contributed by atoms with Crippen molar-refractivity contribution in [2.24, 2.45) is 11.8 Å². The summed E-state index contributed by atoms with van der Waals surface area (Å²) in [6.45, 7) is 1.63. The molecule has 1 fully saturated rings. The molecule has 1 aromatic rings. The third kappa shape index (κ3) is 2.52. The van der Waals surface area contributed by atoms with E-state index in [1.54, 1.807) is 11.3 Å². The molecule has 2 unspecified atom stereocenters. The lowest BCUT2D eigenvalue weighted by atomic mass is 9.93. The van der Waals surface area contributed by atoms with Gasteiger partial charge in [0.25, 0.3) is 0 Å². The Morgan fingerprint density at radius 2 is 2.53 bits per heavy atom. The van der Waals surface area contributed by atoms with Gasteiger partial charge in [-0.15, -0.1) is 11.3 Å². The fourth-order valence-electron chi connectivity index (χ4n) is 1.98. The average molecular weight is 247 g/mol. The Hall–Kier alpha value is -0.130. The normalized spacial score (nSPS) is 24.0. The third-order valence-electron chi connectivity index (χ3n) is 2.77. The van der Waals surface area contributed by atoms with Gasteiger partial charge in [-0.2, -0.15) is 0 Å². The summed E-state index contributed by atoms with van der Waals surface area (Å²) < 4.78 is 5.47. The molecule has 2 atom stereocenters. The van der Waals surface area contributed by atoms with Crippen LogP contribution in [0.1, 0.15) is 23.8 Å². The molecule has 84 valence electrons. The van der Waals surface area contributed by atoms with Crippen molar-refractivity contribution < 1.29 is 4.74 Å². The van der Waals surface area contributed by atoms with Gasteiger partial charge in [-0.05, 0) is 24.3 Å². The van der Waals surface area contributed by atoms with Crippen molar-refractivity contribution in [3.05, 3.63) is 21.3 Å². The van der Waals surface area contributed by atoms with E-state index in [0.717, 1.165) is 36.0 Å². The summed E-state index contributed by atoms with van der Waals surface area (Å²) in [6, 6.07) is 2.04. The predicted molar refractivity (Wildman–Crippen MR) is 62.9 cm³/mol. The van der Waals surface area contributed by atoms with Crippen LogP contribution in [0.15, 0.2) is 11.4 Å². The number of thiophene rings is 1. The predicted octanol–water partition coefficient (Wildman–Crippen LogP) is 2.33. The Kier molecular flexibility index (Phi) is 3.99. The summed E-state index contributed by atoms with van der Waals surface area (Å²) in [5, 5.41) is 2.79. The maximum Gasteiger partial charge on any atom is 0.0618 e. The Morgan fingerprint density at radius 1 is 1.67 bits per heavy atom. The smallest absolute Gasteiger partial charge is 0.0618 e. The van der Waals surface area contributed by atoms with Crippen molar-refractivity contribution in [3.8, 4) is 0 Å². The number of hydrogen-bond acceptors (Lipinski definition) is 4. The SMILES string of the molecule is NNC(c1sccc1Cl)C1CCCOC1. The zero-order valence-corrected chi connectivity index (χ0v) is 9.98. The number of halogens is 1. The molecule has 3 N–H and O–H groups in total. The molecule has 1 aromatic heterocycles. The topological polar surface area (TPSA) is 47.3 Å². The van der Waals surface area contributed by atoms with Gasteiger partial charge in [0.15, 0.2) is 0 Å². The van der Waals surface area contributed by atoms with E-state index in [1.165, 1.54) is 0 Å². The van der Waals surface area contributed by atoms with E-state index in [1.807, 2.05) is 11.4 Å². The van der Waals surface area contributed by atoms with Gasteiger partial charge < -0.3 is 4.74 Å². The Balaban J connectivity index is 2.12. The molecular weight excluding hydrogens is 232 g/mol. The summed E-state index contributed by atoms with van der Waals surface area (Å²) in [4.78, 5) is 1.12. The molecule has 0 radical (unpaired) electrons. The molecule has 15 heavy (non-hydrogen) atoms. The molecule has 5 heteroatoms. The van der Waals surface area contributed by atoms with Crippen LogP contribution < -0.4 is 11.3 Å². The minimum absolute atomic E-state index is 0.123. The highest BCUT2D eigenvalue weighted by Gasteiger charge is 2.27. The first-order chi connectivity index (χ1) is 7.33. The Labute approximate surface area is 98.5 Å². The maximum absolute atomic E-state index is 6.11. The van der Waals surface area contributed by atoms with E-state index >= 15 is 0 Å². The summed E-state index contributed by atoms with van der Waals surface area (Å²) >= 11 is 7.75. The zero-order valence-electron chi connectivity index (χ0n) is 8.41. The molecule has 0 spiro atoms. The van der Waals surface area contributed by atoms with Gasteiger partial charge in [-0.1, -0.05) is 11.6 Å². The Morgan fingerprint density at radius 3 is 3.07 bits per heavy atom. The van der Waals surface area contributed by atoms with Crippen molar-refractivity contribution in [2.45, 2.75) is 18.9 Å². The lowest BCUT2D eigenvalue weighted by Crippen LogP contribution is -2.36. The molecule has 0 bridgehead atoms. The van der Waals surface area contributed by atoms with Crippen LogP contribution in [0.2, 0.25) is 5.02 Å². The molecule has 0 aromatic carbocycles. The highest BCUT2D eigenvalue weighted by molar-refractivity contribution is 7.10. The van der Waals surface area contributed by atoms with E-state index in [4.69, 9.17) is 22.2 Å². The van der Waals surface area contributed by atoms with Gasteiger partial charge in [-0.25, -0.2) is 0 Å². The van der Waals surface area contributed by atoms with Crippen molar-refractivity contribution in [1.82, 2.24) is 5.43 Å². The van der Waals surface area contributed by atoms with E-state index < -0.39 is 0 Å². The van der Waals surface area contributed by atoms with Crippen LogP contribution in [-0.4, -0.2) is 13.2 Å². The van der Waals surface area contributed by atoms with Crippen molar-refractivity contribution in [2.75, 3.05) is 13.2 Å². The summed E-state index contributed by atoms with van der Waals surface area (Å²) in [5.74, 6) is 6.04. The van der Waals surface area contributed by atoms with Crippen LogP contribution in [0.5, 0.6) is 0 Å². The molecule has 1 aliphatic heterocycles. The molecule has 1 aliphatic rings. The lowest BCUT2D eigenvalue weighted by molar-refractivity contribution is 0.0395. The first kappa shape index (κ1) is 11.4. The van der Waals surface area contributed by atoms with Gasteiger partial charge in [-0.3, -0.25) is 11.3 Å². The second-order valence-electron chi connectivity index (χ2n) is 3.75. The average Bonchev–Trinajstić information content (AvgIpc) is 2.68. The lowest BCUT2D eigenvalue weighted by Gasteiger charge is -2.29. The van der Waals surface area contributed by atoms with E-state index in [0.29, 0.717) is 5.92 Å². The third-order valence-corrected chi connectivity index (χ3v) is 4.22. The second kappa shape index (κ2) is 5.27. The zero-order chi connectivity index (χ0) is 10.7. The van der Waals surface area contributed by atoms with Crippen LogP contribution in [0, 0.1) is 5.92 Å². The van der Waals surface area contributed by atoms with Gasteiger partial charge >= 0.3 is 0 Å². The van der Waals surface area contributed by atoms with Crippen molar-refractivity contribution in [3.63, 3.8) is 0 Å². The van der Waals surface area contributed by atoms with E-state index in [-0.39, 0.29) is 6.04 Å². The highest BCUT2D eigenvalue weighted by atomic mass is 35.5. The van der Waals surface area contributed by atoms with Crippen LogP contribution >= 0.6 is 22.9 Å². The number of nitrogens with two attached hydrogens (primary N) is 1. The summed E-state index contributed by atoms with van der Waals surface area (Å²) in [7, 11) is 0. The maximum atomic E-state index is 6.11. The number of nitrogens with one attached hydrogen (secondary N) is 1. The number of hydrogen-bond donors (Lipinski definition) is 2. The molecule has 2 rings (SSSR count). The van der Waals surface area contributed by atoms with Gasteiger partial charge in [0, 0.05) is 17.4 Å². The van der Waals surface area contributed by atoms with E-state index in [9.17, 15) is 0 Å². The summed E-state index contributed by atoms with van der Waals surface area (Å²) in [6.07, 6.45) is 2.24. The van der Waals surface area contributed by atoms with Crippen LogP contribution in [0.4, 0.5) is 0 Å². The highest BCUT2D eigenvalue weighted by Crippen LogP contribution is 2.35. The molecular formula is C10H15ClN2OS. The Bertz CT molecular complexity index is 312. The van der Waals surface area contributed by atoms with Crippen LogP contribution in [0.3, 0.4) is 0 Å². The fraction of sp³-hybridized carbons (Fsp3) is 0.600. The van der Waals surface area contributed by atoms with Gasteiger partial charge in [0.2, 0.25) is 0 Å². The quantitative estimate of drug-likeness (QED) is 0.636. The van der Waals surface area contributed by atoms with Crippen molar-refractivity contribution >= 4 is 22.9 Å². The van der Waals surface area contributed by atoms with Crippen LogP contribution in [-0.2, 0) is 4.74 Å². The monoisotopic (exact) mass is 246 g/mol. The first-order valence-electron chi connectivity index (χ1n) is 5.09. The summed E-state index contributed by atoms with van der Waals surface area (Å²) in [5.41, 5.74) is 2.86. The molecule has 1 saturated heterocycles. The molecule has 0 amide bonds. The first-order valence-corrected chi connectivity index (χ1v) is 6.35. The van der Waals surface area contributed by atoms with Gasteiger partial charge in [0.1, 0.15) is 0 Å². The minimum atomic E-state index is 0.123. The van der Waals surface area contributed by atoms with E-state index in [2.05, 4.69) is 5.43 Å². The number of ether oxygens (including phenoxy) is 1. The van der Waals surface area contributed by atoms with Gasteiger partial charge in [0.05, 0.1) is 17.7 Å². The van der Waals surface area contributed by atoms with Crippen molar-refractivity contribution in [1.29, 1.82) is 0 Å². The van der Waals surface area contributed by atoms with Crippen LogP contribution in [0.25, 0.3) is 0 Å². The molecule has 3 nitrogen and oxygen atoms in total. The number of hydrazine groups is 1. The molecule has 0 saturated carbocycles. The second-order valence-corrected chi connectivity index (χ2v) is 5.11. The largest absolute Gasteiger partial charge is 0.381 e. The fourth-order valence-corrected chi connectivity index (χ4v) is 3.31. The molecule has 2 heterocycles. The number of rotatable bonds is 3. The molecule has 0 aliphatic carbocycles. The standard InChI is InChI=1S/C10H15ClN2OS/c11-8-3-5-15-10(8)9(13-12)7-2-1-4-14-6-7/h3,5,7,9,13H,1-2,4,6,12H2. The minimum Gasteiger partial charge on any atom is -0.381 e.